The average Bonchev–Trinajstić information content (AvgIpc) is 2.82. The summed E-state index contributed by atoms with van der Waals surface area (Å²) in [6.07, 6.45) is 1.64. The smallest absolute Gasteiger partial charge is 0.264 e. The minimum absolute atomic E-state index is 0.120. The van der Waals surface area contributed by atoms with Gasteiger partial charge >= 0.3 is 0 Å². The number of hydrogen-bond acceptors (Lipinski definition) is 4. The molecule has 0 unspecified atom stereocenters. The molecule has 3 rings (SSSR count). The van der Waals surface area contributed by atoms with Crippen LogP contribution in [0.4, 0.5) is 11.4 Å². The van der Waals surface area contributed by atoms with Gasteiger partial charge in [-0.3, -0.25) is 9.10 Å². The molecule has 0 spiro atoms. The van der Waals surface area contributed by atoms with Gasteiger partial charge in [0.2, 0.25) is 5.91 Å². The number of ether oxygens (including phenoxy) is 1. The Kier molecular flexibility index (Phi) is 7.90. The molecule has 7 heteroatoms. The van der Waals surface area contributed by atoms with Gasteiger partial charge < -0.3 is 10.1 Å². The molecule has 3 aromatic rings. The molecule has 33 heavy (non-hydrogen) atoms. The maximum absolute atomic E-state index is 13.4. The molecule has 0 aliphatic rings. The summed E-state index contributed by atoms with van der Waals surface area (Å²) in [5.41, 5.74) is 2.05. The van der Waals surface area contributed by atoms with Crippen molar-refractivity contribution in [2.75, 3.05) is 22.8 Å². The van der Waals surface area contributed by atoms with Crippen molar-refractivity contribution in [2.45, 2.75) is 24.7 Å². The van der Waals surface area contributed by atoms with E-state index in [1.165, 1.54) is 12.1 Å². The maximum atomic E-state index is 13.4. The summed E-state index contributed by atoms with van der Waals surface area (Å²) in [5, 5.41) is 2.76. The van der Waals surface area contributed by atoms with E-state index in [2.05, 4.69) is 25.7 Å². The van der Waals surface area contributed by atoms with E-state index in [0.29, 0.717) is 29.6 Å². The number of nitrogens with zero attached hydrogens (tertiary/aromatic N) is 1. The molecule has 0 aliphatic heterocycles. The lowest BCUT2D eigenvalue weighted by Gasteiger charge is -2.24. The third-order valence-electron chi connectivity index (χ3n) is 4.97. The summed E-state index contributed by atoms with van der Waals surface area (Å²) in [6.45, 7) is 7.75. The molecule has 0 aromatic heterocycles. The number of hydrogen-bond donors (Lipinski definition) is 1. The second-order valence-corrected chi connectivity index (χ2v) is 9.61. The third kappa shape index (κ3) is 6.23. The van der Waals surface area contributed by atoms with Crippen LogP contribution in [0.3, 0.4) is 0 Å². The van der Waals surface area contributed by atoms with Crippen molar-refractivity contribution < 1.29 is 17.9 Å². The maximum Gasteiger partial charge on any atom is 0.264 e. The molecule has 0 heterocycles. The van der Waals surface area contributed by atoms with Crippen LogP contribution in [0.15, 0.2) is 96.4 Å². The lowest BCUT2D eigenvalue weighted by molar-refractivity contribution is -0.114. The molecule has 3 aromatic carbocycles. The highest BCUT2D eigenvalue weighted by molar-refractivity contribution is 7.92. The molecule has 0 aliphatic carbocycles. The van der Waals surface area contributed by atoms with E-state index < -0.39 is 15.9 Å². The number of rotatable bonds is 10. The Morgan fingerprint density at radius 1 is 1.00 bits per heavy atom. The van der Waals surface area contributed by atoms with Crippen LogP contribution >= 0.6 is 0 Å². The average molecular weight is 465 g/mol. The van der Waals surface area contributed by atoms with E-state index in [1.54, 1.807) is 60.7 Å². The van der Waals surface area contributed by atoms with Gasteiger partial charge in [-0.2, -0.15) is 0 Å². The molecule has 0 saturated carbocycles. The largest absolute Gasteiger partial charge is 0.490 e. The number of anilines is 2. The Balaban J connectivity index is 1.84. The Hall–Kier alpha value is -3.58. The number of amides is 1. The van der Waals surface area contributed by atoms with Crippen LogP contribution in [0.2, 0.25) is 0 Å². The quantitative estimate of drug-likeness (QED) is 0.418. The Morgan fingerprint density at radius 3 is 2.21 bits per heavy atom. The summed E-state index contributed by atoms with van der Waals surface area (Å²) in [5.74, 6) is 0.494. The molecular formula is C26H28N2O4S. The number of carbonyl (C=O) groups is 1. The highest BCUT2D eigenvalue weighted by Crippen LogP contribution is 2.26. The number of carbonyl (C=O) groups excluding carboxylic acids is 1. The Bertz CT molecular complexity index is 1170. The standard InChI is InChI=1S/C26H28N2O4S/c1-4-18-32-24-16-12-22(13-17-24)27-26(29)19-28(23-14-10-21(11-15-23)20(2)3)33(30,31)25-8-6-5-7-9-25/h4-17,20H,1,18-19H2,2-3H3,(H,27,29). The fourth-order valence-corrected chi connectivity index (χ4v) is 4.62. The highest BCUT2D eigenvalue weighted by atomic mass is 32.2. The van der Waals surface area contributed by atoms with Gasteiger partial charge in [0.25, 0.3) is 10.0 Å². The fraction of sp³-hybridized carbons (Fsp3) is 0.192. The van der Waals surface area contributed by atoms with Gasteiger partial charge in [0, 0.05) is 5.69 Å². The first kappa shape index (κ1) is 24.1. The summed E-state index contributed by atoms with van der Waals surface area (Å²) in [4.78, 5) is 13.0. The fourth-order valence-electron chi connectivity index (χ4n) is 3.18. The Morgan fingerprint density at radius 2 is 1.64 bits per heavy atom. The second-order valence-electron chi connectivity index (χ2n) is 7.74. The van der Waals surface area contributed by atoms with Crippen LogP contribution in [-0.2, 0) is 14.8 Å². The van der Waals surface area contributed by atoms with Crippen LogP contribution in [-0.4, -0.2) is 27.5 Å². The molecule has 0 atom stereocenters. The van der Waals surface area contributed by atoms with Gasteiger partial charge in [-0.05, 0) is 60.0 Å². The molecule has 1 N–H and O–H groups in total. The van der Waals surface area contributed by atoms with E-state index in [0.717, 1.165) is 9.87 Å². The van der Waals surface area contributed by atoms with Crippen molar-refractivity contribution in [2.24, 2.45) is 0 Å². The zero-order valence-corrected chi connectivity index (χ0v) is 19.6. The lowest BCUT2D eigenvalue weighted by Crippen LogP contribution is -2.38. The van der Waals surface area contributed by atoms with E-state index in [9.17, 15) is 13.2 Å². The second kappa shape index (κ2) is 10.8. The first-order valence-corrected chi connectivity index (χ1v) is 12.1. The summed E-state index contributed by atoms with van der Waals surface area (Å²) in [7, 11) is -3.95. The molecule has 0 bridgehead atoms. The van der Waals surface area contributed by atoms with Gasteiger partial charge in [-0.15, -0.1) is 0 Å². The normalized spacial score (nSPS) is 11.1. The van der Waals surface area contributed by atoms with Crippen molar-refractivity contribution in [3.63, 3.8) is 0 Å². The zero-order valence-electron chi connectivity index (χ0n) is 18.8. The number of benzene rings is 3. The molecule has 0 radical (unpaired) electrons. The summed E-state index contributed by atoms with van der Waals surface area (Å²) in [6, 6.07) is 22.2. The van der Waals surface area contributed by atoms with Crippen molar-refractivity contribution in [3.05, 3.63) is 97.1 Å². The molecule has 1 amide bonds. The molecule has 172 valence electrons. The third-order valence-corrected chi connectivity index (χ3v) is 6.76. The molecular weight excluding hydrogens is 436 g/mol. The SMILES string of the molecule is C=CCOc1ccc(NC(=O)CN(c2ccc(C(C)C)cc2)S(=O)(=O)c2ccccc2)cc1. The van der Waals surface area contributed by atoms with Crippen molar-refractivity contribution in [1.82, 2.24) is 0 Å². The zero-order chi connectivity index (χ0) is 23.8. The van der Waals surface area contributed by atoms with Crippen LogP contribution < -0.4 is 14.4 Å². The number of sulfonamides is 1. The van der Waals surface area contributed by atoms with Crippen molar-refractivity contribution in [1.29, 1.82) is 0 Å². The van der Waals surface area contributed by atoms with Gasteiger partial charge in [0.15, 0.2) is 0 Å². The summed E-state index contributed by atoms with van der Waals surface area (Å²) < 4.78 is 33.4. The van der Waals surface area contributed by atoms with Crippen LogP contribution in [0.5, 0.6) is 5.75 Å². The van der Waals surface area contributed by atoms with E-state index in [4.69, 9.17) is 4.74 Å². The molecule has 0 fully saturated rings. The molecule has 0 saturated heterocycles. The predicted molar refractivity (Wildman–Crippen MR) is 132 cm³/mol. The Labute approximate surface area is 195 Å². The van der Waals surface area contributed by atoms with E-state index >= 15 is 0 Å². The number of nitrogens with one attached hydrogen (secondary N) is 1. The van der Waals surface area contributed by atoms with Gasteiger partial charge in [-0.1, -0.05) is 56.8 Å². The van der Waals surface area contributed by atoms with Gasteiger partial charge in [0.1, 0.15) is 18.9 Å². The topological polar surface area (TPSA) is 75.7 Å². The minimum Gasteiger partial charge on any atom is -0.490 e. The predicted octanol–water partition coefficient (Wildman–Crippen LogP) is 5.21. The van der Waals surface area contributed by atoms with Crippen LogP contribution in [0, 0.1) is 0 Å². The summed E-state index contributed by atoms with van der Waals surface area (Å²) >= 11 is 0. The highest BCUT2D eigenvalue weighted by Gasteiger charge is 2.27. The first-order chi connectivity index (χ1) is 15.8. The monoisotopic (exact) mass is 464 g/mol. The van der Waals surface area contributed by atoms with Crippen molar-refractivity contribution in [3.8, 4) is 5.75 Å². The molecule has 6 nitrogen and oxygen atoms in total. The van der Waals surface area contributed by atoms with Crippen LogP contribution in [0.25, 0.3) is 0 Å². The first-order valence-electron chi connectivity index (χ1n) is 10.6. The lowest BCUT2D eigenvalue weighted by atomic mass is 10.0. The van der Waals surface area contributed by atoms with Crippen molar-refractivity contribution >= 4 is 27.3 Å². The van der Waals surface area contributed by atoms with Gasteiger partial charge in [0.05, 0.1) is 10.6 Å². The minimum atomic E-state index is -3.95. The van der Waals surface area contributed by atoms with E-state index in [-0.39, 0.29) is 11.4 Å². The van der Waals surface area contributed by atoms with Crippen LogP contribution in [0.1, 0.15) is 25.3 Å². The van der Waals surface area contributed by atoms with E-state index in [1.807, 2.05) is 12.1 Å². The van der Waals surface area contributed by atoms with Gasteiger partial charge in [-0.25, -0.2) is 8.42 Å².